The molecular weight excluding hydrogens is 479 g/mol. The van der Waals surface area contributed by atoms with Crippen LogP contribution in [-0.2, 0) is 27.9 Å². The first kappa shape index (κ1) is 31.2. The summed E-state index contributed by atoms with van der Waals surface area (Å²) in [6.07, 6.45) is 1.38. The fourth-order valence-electron chi connectivity index (χ4n) is 2.63. The lowest BCUT2D eigenvalue weighted by Crippen LogP contribution is -2.46. The molecule has 0 saturated heterocycles. The molecule has 9 nitrogen and oxygen atoms in total. The molecule has 0 aromatic heterocycles. The molecule has 188 valence electrons. The second-order valence-corrected chi connectivity index (χ2v) is 11.7. The van der Waals surface area contributed by atoms with Crippen molar-refractivity contribution in [3.8, 4) is 0 Å². The Balaban J connectivity index is 5.24. The van der Waals surface area contributed by atoms with Crippen LogP contribution in [0.15, 0.2) is 0 Å². The standard InChI is InChI=1S/C20H38ClN2O7PS/c1-8-28-31(27,29-9-2)14(3)22-18(25)15(13-21)12-17(24)16(10-11-32-7)23-19(26)30-20(4,5)6/h14-16H,8-13H2,1-7H3,(H,22,25)(H,23,26)/t14?,15-,16-/m0/s1. The normalized spacial score (nSPS) is 14.9. The van der Waals surface area contributed by atoms with Crippen LogP contribution < -0.4 is 10.6 Å². The molecule has 0 fully saturated rings. The Hall–Kier alpha value is -0.800. The van der Waals surface area contributed by atoms with Gasteiger partial charge in [-0.3, -0.25) is 14.2 Å². The zero-order chi connectivity index (χ0) is 24.9. The number of nitrogens with one attached hydrogen (secondary N) is 2. The summed E-state index contributed by atoms with van der Waals surface area (Å²) in [7, 11) is -3.56. The van der Waals surface area contributed by atoms with E-state index in [0.29, 0.717) is 12.2 Å². The van der Waals surface area contributed by atoms with Gasteiger partial charge in [0.05, 0.1) is 25.2 Å². The molecule has 0 aliphatic rings. The van der Waals surface area contributed by atoms with E-state index in [0.717, 1.165) is 0 Å². The first-order chi connectivity index (χ1) is 14.8. The van der Waals surface area contributed by atoms with Crippen LogP contribution in [0.3, 0.4) is 0 Å². The van der Waals surface area contributed by atoms with E-state index >= 15 is 0 Å². The molecule has 0 radical (unpaired) electrons. The predicted molar refractivity (Wildman–Crippen MR) is 128 cm³/mol. The van der Waals surface area contributed by atoms with Gasteiger partial charge in [-0.15, -0.1) is 11.6 Å². The molecule has 3 atom stereocenters. The van der Waals surface area contributed by atoms with E-state index in [4.69, 9.17) is 25.4 Å². The van der Waals surface area contributed by atoms with Crippen LogP contribution in [0, 0.1) is 5.92 Å². The molecule has 1 unspecified atom stereocenters. The van der Waals surface area contributed by atoms with Crippen LogP contribution in [0.5, 0.6) is 0 Å². The molecule has 0 aromatic carbocycles. The fraction of sp³-hybridized carbons (Fsp3) is 0.850. The number of hydrogen-bond donors (Lipinski definition) is 2. The highest BCUT2D eigenvalue weighted by atomic mass is 35.5. The number of carbonyl (C=O) groups excluding carboxylic acids is 3. The van der Waals surface area contributed by atoms with Crippen molar-refractivity contribution in [2.75, 3.05) is 31.1 Å². The maximum Gasteiger partial charge on any atom is 0.408 e. The van der Waals surface area contributed by atoms with Crippen molar-refractivity contribution in [1.82, 2.24) is 10.6 Å². The maximum atomic E-state index is 12.9. The van der Waals surface area contributed by atoms with Gasteiger partial charge >= 0.3 is 13.7 Å². The van der Waals surface area contributed by atoms with Crippen LogP contribution in [0.2, 0.25) is 0 Å². The summed E-state index contributed by atoms with van der Waals surface area (Å²) >= 11 is 7.50. The highest BCUT2D eigenvalue weighted by molar-refractivity contribution is 7.98. The molecule has 12 heteroatoms. The number of ketones is 1. The fourth-order valence-corrected chi connectivity index (χ4v) is 4.87. The highest BCUT2D eigenvalue weighted by Crippen LogP contribution is 2.51. The molecule has 0 aliphatic heterocycles. The van der Waals surface area contributed by atoms with Gasteiger partial charge in [0.2, 0.25) is 5.91 Å². The Labute approximate surface area is 200 Å². The van der Waals surface area contributed by atoms with Crippen LogP contribution >= 0.6 is 31.0 Å². The van der Waals surface area contributed by atoms with Gasteiger partial charge in [0.1, 0.15) is 11.4 Å². The zero-order valence-electron chi connectivity index (χ0n) is 20.1. The Morgan fingerprint density at radius 3 is 2.09 bits per heavy atom. The third kappa shape index (κ3) is 11.9. The molecule has 0 spiro atoms. The van der Waals surface area contributed by atoms with E-state index in [2.05, 4.69) is 10.6 Å². The van der Waals surface area contributed by atoms with Gasteiger partial charge in [-0.2, -0.15) is 11.8 Å². The quantitative estimate of drug-likeness (QED) is 0.246. The number of ether oxygens (including phenoxy) is 1. The number of hydrogen-bond acceptors (Lipinski definition) is 8. The number of carbonyl (C=O) groups is 3. The summed E-state index contributed by atoms with van der Waals surface area (Å²) in [5, 5.41) is 5.19. The number of rotatable bonds is 15. The average Bonchev–Trinajstić information content (AvgIpc) is 2.67. The number of amides is 2. The van der Waals surface area contributed by atoms with E-state index in [1.165, 1.54) is 18.7 Å². The summed E-state index contributed by atoms with van der Waals surface area (Å²) < 4.78 is 28.6. The summed E-state index contributed by atoms with van der Waals surface area (Å²) in [6, 6.07) is -0.814. The zero-order valence-corrected chi connectivity index (χ0v) is 22.5. The Bertz CT molecular complexity index is 650. The minimum Gasteiger partial charge on any atom is -0.444 e. The number of alkyl carbamates (subject to hydrolysis) is 1. The largest absolute Gasteiger partial charge is 0.444 e. The van der Waals surface area contributed by atoms with Crippen molar-refractivity contribution in [2.24, 2.45) is 5.92 Å². The van der Waals surface area contributed by atoms with Gasteiger partial charge in [0.25, 0.3) is 0 Å². The highest BCUT2D eigenvalue weighted by Gasteiger charge is 2.35. The van der Waals surface area contributed by atoms with Crippen molar-refractivity contribution < 1.29 is 32.7 Å². The first-order valence-corrected chi connectivity index (χ1v) is 14.1. The van der Waals surface area contributed by atoms with Crippen molar-refractivity contribution in [3.63, 3.8) is 0 Å². The molecule has 0 rings (SSSR count). The molecule has 32 heavy (non-hydrogen) atoms. The second-order valence-electron chi connectivity index (χ2n) is 8.06. The van der Waals surface area contributed by atoms with Crippen LogP contribution in [0.4, 0.5) is 4.79 Å². The van der Waals surface area contributed by atoms with Gasteiger partial charge in [-0.1, -0.05) is 0 Å². The Morgan fingerprint density at radius 1 is 1.09 bits per heavy atom. The van der Waals surface area contributed by atoms with Gasteiger partial charge in [0, 0.05) is 12.3 Å². The lowest BCUT2D eigenvalue weighted by molar-refractivity contribution is -0.129. The smallest absolute Gasteiger partial charge is 0.408 e. The Kier molecular flexibility index (Phi) is 14.8. The molecule has 0 aliphatic carbocycles. The van der Waals surface area contributed by atoms with Crippen molar-refractivity contribution in [2.45, 2.75) is 71.8 Å². The van der Waals surface area contributed by atoms with Crippen molar-refractivity contribution in [1.29, 1.82) is 0 Å². The molecule has 0 aromatic rings. The van der Waals surface area contributed by atoms with Gasteiger partial charge in [-0.05, 0) is 60.0 Å². The SMILES string of the molecule is CCOP(=O)(OCC)C(C)NC(=O)[C@H](CCl)CC(=O)[C@H](CCSC)NC(=O)OC(C)(C)C. The lowest BCUT2D eigenvalue weighted by Gasteiger charge is -2.26. The predicted octanol–water partition coefficient (Wildman–Crippen LogP) is 4.18. The molecule has 0 bridgehead atoms. The number of alkyl halides is 1. The van der Waals surface area contributed by atoms with E-state index < -0.39 is 42.9 Å². The second kappa shape index (κ2) is 15.2. The topological polar surface area (TPSA) is 120 Å². The summed E-state index contributed by atoms with van der Waals surface area (Å²) in [5.74, 6) is -2.16. The van der Waals surface area contributed by atoms with E-state index in [-0.39, 0.29) is 31.3 Å². The first-order valence-electron chi connectivity index (χ1n) is 10.6. The molecule has 0 saturated carbocycles. The minimum absolute atomic E-state index is 0.125. The van der Waals surface area contributed by atoms with E-state index in [1.54, 1.807) is 34.6 Å². The number of halogens is 1. The van der Waals surface area contributed by atoms with Crippen LogP contribution in [0.1, 0.15) is 54.4 Å². The third-order valence-electron chi connectivity index (χ3n) is 4.14. The molecule has 2 amide bonds. The summed E-state index contributed by atoms with van der Waals surface area (Å²) in [5.41, 5.74) is -0.707. The average molecular weight is 517 g/mol. The molecule has 0 heterocycles. The maximum absolute atomic E-state index is 12.9. The van der Waals surface area contributed by atoms with Crippen molar-refractivity contribution >= 4 is 48.7 Å². The lowest BCUT2D eigenvalue weighted by atomic mass is 9.98. The summed E-state index contributed by atoms with van der Waals surface area (Å²) in [4.78, 5) is 37.8. The van der Waals surface area contributed by atoms with Gasteiger partial charge < -0.3 is 24.4 Å². The minimum atomic E-state index is -3.56. The van der Waals surface area contributed by atoms with Crippen LogP contribution in [-0.4, -0.2) is 66.3 Å². The van der Waals surface area contributed by atoms with Gasteiger partial charge in [0.15, 0.2) is 5.78 Å². The van der Waals surface area contributed by atoms with Gasteiger partial charge in [-0.25, -0.2) is 4.79 Å². The van der Waals surface area contributed by atoms with Crippen LogP contribution in [0.25, 0.3) is 0 Å². The number of Topliss-reactive ketones (excluding diaryl/α,β-unsaturated/α-hetero) is 1. The van der Waals surface area contributed by atoms with E-state index in [9.17, 15) is 18.9 Å². The Morgan fingerprint density at radius 2 is 1.66 bits per heavy atom. The summed E-state index contributed by atoms with van der Waals surface area (Å²) in [6.45, 7) is 10.4. The monoisotopic (exact) mass is 516 g/mol. The number of thioether (sulfide) groups is 1. The van der Waals surface area contributed by atoms with Crippen molar-refractivity contribution in [3.05, 3.63) is 0 Å². The van der Waals surface area contributed by atoms with E-state index in [1.807, 2.05) is 6.26 Å². The molecule has 2 N–H and O–H groups in total. The third-order valence-corrected chi connectivity index (χ3v) is 7.47. The molecular formula is C20H38ClN2O7PS.